The molecule has 0 saturated heterocycles. The Bertz CT molecular complexity index is 414. The Morgan fingerprint density at radius 2 is 2.25 bits per heavy atom. The van der Waals surface area contributed by atoms with E-state index in [1.54, 1.807) is 6.07 Å². The molecule has 1 amide bonds. The molecule has 0 atom stereocenters. The molecule has 1 heterocycles. The lowest BCUT2D eigenvalue weighted by Crippen LogP contribution is -2.44. The van der Waals surface area contributed by atoms with Gasteiger partial charge >= 0.3 is 0 Å². The van der Waals surface area contributed by atoms with Gasteiger partial charge in [-0.2, -0.15) is 0 Å². The molecule has 2 rings (SSSR count). The molecule has 1 aliphatic carbocycles. The molecule has 0 bridgehead atoms. The zero-order valence-corrected chi connectivity index (χ0v) is 8.41. The van der Waals surface area contributed by atoms with Crippen LogP contribution in [0.3, 0.4) is 0 Å². The van der Waals surface area contributed by atoms with E-state index in [2.05, 4.69) is 10.3 Å². The molecule has 1 aliphatic rings. The molecular formula is C10H11F2N3O. The molecule has 0 spiro atoms. The number of nitrogens with one attached hydrogen (secondary N) is 1. The van der Waals surface area contributed by atoms with Crippen LogP contribution in [0.4, 0.5) is 14.5 Å². The third-order valence-corrected chi connectivity index (χ3v) is 2.47. The second kappa shape index (κ2) is 3.70. The number of nitrogens with two attached hydrogens (primary N) is 1. The topological polar surface area (TPSA) is 68.0 Å². The molecule has 1 saturated carbocycles. The Morgan fingerprint density at radius 3 is 2.81 bits per heavy atom. The highest BCUT2D eigenvalue weighted by Crippen LogP contribution is 2.38. The summed E-state index contributed by atoms with van der Waals surface area (Å²) in [7, 11) is 0. The number of carbonyl (C=O) groups is 1. The SMILES string of the molecule is NC(=O)c1cc(NC2CC(F)(F)C2)ccn1. The lowest BCUT2D eigenvalue weighted by Gasteiger charge is -2.35. The standard InChI is InChI=1S/C10H11F2N3O/c11-10(12)4-7(5-10)15-6-1-2-14-8(3-6)9(13)16/h1-3,7H,4-5H2,(H2,13,16)(H,14,15). The van der Waals surface area contributed by atoms with Crippen molar-refractivity contribution in [2.45, 2.75) is 24.8 Å². The van der Waals surface area contributed by atoms with Gasteiger partial charge in [-0.15, -0.1) is 0 Å². The van der Waals surface area contributed by atoms with E-state index in [9.17, 15) is 13.6 Å². The number of carbonyl (C=O) groups excluding carboxylic acids is 1. The van der Waals surface area contributed by atoms with Gasteiger partial charge in [0.25, 0.3) is 11.8 Å². The highest BCUT2D eigenvalue weighted by atomic mass is 19.3. The van der Waals surface area contributed by atoms with Crippen molar-refractivity contribution in [3.05, 3.63) is 24.0 Å². The van der Waals surface area contributed by atoms with E-state index in [1.807, 2.05) is 0 Å². The van der Waals surface area contributed by atoms with E-state index in [0.717, 1.165) is 0 Å². The summed E-state index contributed by atoms with van der Waals surface area (Å²) in [6.07, 6.45) is 1.06. The van der Waals surface area contributed by atoms with E-state index in [0.29, 0.717) is 5.69 Å². The van der Waals surface area contributed by atoms with Gasteiger partial charge in [0.1, 0.15) is 5.69 Å². The summed E-state index contributed by atoms with van der Waals surface area (Å²) >= 11 is 0. The maximum atomic E-state index is 12.6. The van der Waals surface area contributed by atoms with Crippen LogP contribution in [-0.4, -0.2) is 22.9 Å². The number of halogens is 2. The molecule has 16 heavy (non-hydrogen) atoms. The Hall–Kier alpha value is -1.72. The third kappa shape index (κ3) is 2.26. The molecule has 0 unspecified atom stereocenters. The molecule has 0 radical (unpaired) electrons. The highest BCUT2D eigenvalue weighted by molar-refractivity contribution is 5.91. The van der Waals surface area contributed by atoms with Crippen LogP contribution in [0.15, 0.2) is 18.3 Å². The zero-order chi connectivity index (χ0) is 11.8. The van der Waals surface area contributed by atoms with Crippen LogP contribution >= 0.6 is 0 Å². The first-order chi connectivity index (χ1) is 7.46. The van der Waals surface area contributed by atoms with Crippen LogP contribution in [0.2, 0.25) is 0 Å². The Labute approximate surface area is 90.9 Å². The number of pyridine rings is 1. The zero-order valence-electron chi connectivity index (χ0n) is 8.41. The predicted molar refractivity (Wildman–Crippen MR) is 54.3 cm³/mol. The highest BCUT2D eigenvalue weighted by Gasteiger charge is 2.45. The quantitative estimate of drug-likeness (QED) is 0.819. The average Bonchev–Trinajstić information content (AvgIpc) is 2.15. The van der Waals surface area contributed by atoms with Gasteiger partial charge in [-0.3, -0.25) is 9.78 Å². The van der Waals surface area contributed by atoms with Gasteiger partial charge in [-0.1, -0.05) is 0 Å². The van der Waals surface area contributed by atoms with E-state index >= 15 is 0 Å². The summed E-state index contributed by atoms with van der Waals surface area (Å²) in [5, 5.41) is 2.90. The summed E-state index contributed by atoms with van der Waals surface area (Å²) in [5.41, 5.74) is 5.76. The van der Waals surface area contributed by atoms with E-state index in [1.165, 1.54) is 12.3 Å². The first kappa shape index (κ1) is 10.8. The molecule has 3 N–H and O–H groups in total. The van der Waals surface area contributed by atoms with E-state index in [4.69, 9.17) is 5.73 Å². The van der Waals surface area contributed by atoms with Crippen LogP contribution in [0.1, 0.15) is 23.3 Å². The predicted octanol–water partition coefficient (Wildman–Crippen LogP) is 1.39. The fourth-order valence-electron chi connectivity index (χ4n) is 1.65. The third-order valence-electron chi connectivity index (χ3n) is 2.47. The second-order valence-corrected chi connectivity index (χ2v) is 3.90. The Kier molecular flexibility index (Phi) is 2.49. The maximum Gasteiger partial charge on any atom is 0.267 e. The number of hydrogen-bond donors (Lipinski definition) is 2. The molecule has 1 fully saturated rings. The van der Waals surface area contributed by atoms with Crippen molar-refractivity contribution in [1.29, 1.82) is 0 Å². The van der Waals surface area contributed by atoms with Crippen LogP contribution in [0.25, 0.3) is 0 Å². The summed E-state index contributed by atoms with van der Waals surface area (Å²) in [6.45, 7) is 0. The minimum Gasteiger partial charge on any atom is -0.382 e. The van der Waals surface area contributed by atoms with Gasteiger partial charge in [-0.05, 0) is 12.1 Å². The molecule has 86 valence electrons. The lowest BCUT2D eigenvalue weighted by molar-refractivity contribution is -0.0793. The number of alkyl halides is 2. The summed E-state index contributed by atoms with van der Waals surface area (Å²) in [5.74, 6) is -3.19. The summed E-state index contributed by atoms with van der Waals surface area (Å²) < 4.78 is 25.1. The Morgan fingerprint density at radius 1 is 1.56 bits per heavy atom. The average molecular weight is 227 g/mol. The van der Waals surface area contributed by atoms with Crippen LogP contribution in [-0.2, 0) is 0 Å². The molecule has 6 heteroatoms. The molecule has 1 aromatic heterocycles. The van der Waals surface area contributed by atoms with E-state index in [-0.39, 0.29) is 24.6 Å². The van der Waals surface area contributed by atoms with Gasteiger partial charge in [0, 0.05) is 30.8 Å². The molecule has 0 aromatic carbocycles. The van der Waals surface area contributed by atoms with Crippen molar-refractivity contribution in [1.82, 2.24) is 4.98 Å². The maximum absolute atomic E-state index is 12.6. The van der Waals surface area contributed by atoms with Crippen molar-refractivity contribution in [2.75, 3.05) is 5.32 Å². The molecule has 0 aliphatic heterocycles. The van der Waals surface area contributed by atoms with Crippen LogP contribution in [0.5, 0.6) is 0 Å². The van der Waals surface area contributed by atoms with Gasteiger partial charge in [0.05, 0.1) is 0 Å². The first-order valence-corrected chi connectivity index (χ1v) is 4.86. The molecule has 1 aromatic rings. The number of hydrogen-bond acceptors (Lipinski definition) is 3. The van der Waals surface area contributed by atoms with Crippen molar-refractivity contribution in [2.24, 2.45) is 5.73 Å². The normalized spacial score (nSPS) is 18.9. The van der Waals surface area contributed by atoms with Crippen molar-refractivity contribution in [3.63, 3.8) is 0 Å². The van der Waals surface area contributed by atoms with Crippen molar-refractivity contribution >= 4 is 11.6 Å². The smallest absolute Gasteiger partial charge is 0.267 e. The van der Waals surface area contributed by atoms with Crippen LogP contribution in [0, 0.1) is 0 Å². The number of anilines is 1. The number of rotatable bonds is 3. The monoisotopic (exact) mass is 227 g/mol. The number of aromatic nitrogens is 1. The van der Waals surface area contributed by atoms with Gasteiger partial charge in [-0.25, -0.2) is 8.78 Å². The van der Waals surface area contributed by atoms with Gasteiger partial charge in [0.15, 0.2) is 0 Å². The molecular weight excluding hydrogens is 216 g/mol. The number of amides is 1. The summed E-state index contributed by atoms with van der Waals surface area (Å²) in [4.78, 5) is 14.6. The van der Waals surface area contributed by atoms with Gasteiger partial charge in [0.2, 0.25) is 0 Å². The number of primary amides is 1. The first-order valence-electron chi connectivity index (χ1n) is 4.86. The minimum atomic E-state index is -2.56. The second-order valence-electron chi connectivity index (χ2n) is 3.90. The van der Waals surface area contributed by atoms with E-state index < -0.39 is 11.8 Å². The fourth-order valence-corrected chi connectivity index (χ4v) is 1.65. The summed E-state index contributed by atoms with van der Waals surface area (Å²) in [6, 6.07) is 2.82. The lowest BCUT2D eigenvalue weighted by atomic mass is 9.88. The minimum absolute atomic E-state index is 0.121. The van der Waals surface area contributed by atoms with Crippen molar-refractivity contribution < 1.29 is 13.6 Å². The molecule has 4 nitrogen and oxygen atoms in total. The fraction of sp³-hybridized carbons (Fsp3) is 0.400. The van der Waals surface area contributed by atoms with Crippen molar-refractivity contribution in [3.8, 4) is 0 Å². The van der Waals surface area contributed by atoms with Crippen LogP contribution < -0.4 is 11.1 Å². The number of nitrogens with zero attached hydrogens (tertiary/aromatic N) is 1. The Balaban J connectivity index is 2.00. The van der Waals surface area contributed by atoms with Gasteiger partial charge < -0.3 is 11.1 Å². The largest absolute Gasteiger partial charge is 0.382 e.